The monoisotopic (exact) mass is 284 g/mol. The van der Waals surface area contributed by atoms with Crippen molar-refractivity contribution in [2.45, 2.75) is 19.3 Å². The van der Waals surface area contributed by atoms with Crippen LogP contribution in [0, 0.1) is 0 Å². The van der Waals surface area contributed by atoms with Crippen LogP contribution in [0.2, 0.25) is 0 Å². The highest BCUT2D eigenvalue weighted by atomic mass is 79.9. The normalized spacial score (nSPS) is 12.0. The van der Waals surface area contributed by atoms with Crippen molar-refractivity contribution in [3.8, 4) is 11.5 Å². The first-order valence-electron chi connectivity index (χ1n) is 5.16. The number of benzene rings is 1. The molecular formula is C13H17BrO2. The zero-order valence-corrected chi connectivity index (χ0v) is 11.5. The van der Waals surface area contributed by atoms with Gasteiger partial charge in [0.05, 0.1) is 18.7 Å². The Morgan fingerprint density at radius 1 is 1.31 bits per heavy atom. The van der Waals surface area contributed by atoms with E-state index in [4.69, 9.17) is 9.47 Å². The predicted octanol–water partition coefficient (Wildman–Crippen LogP) is 4.15. The van der Waals surface area contributed by atoms with Gasteiger partial charge in [-0.3, -0.25) is 0 Å². The first kappa shape index (κ1) is 13.1. The number of hydrogen-bond acceptors (Lipinski definition) is 2. The smallest absolute Gasteiger partial charge is 0.136 e. The van der Waals surface area contributed by atoms with Gasteiger partial charge < -0.3 is 9.47 Å². The molecule has 88 valence electrons. The third-order valence-corrected chi connectivity index (χ3v) is 3.17. The fourth-order valence-electron chi connectivity index (χ4n) is 1.65. The van der Waals surface area contributed by atoms with Gasteiger partial charge in [-0.1, -0.05) is 13.0 Å². The maximum absolute atomic E-state index is 5.38. The average Bonchev–Trinajstić information content (AvgIpc) is 2.29. The van der Waals surface area contributed by atoms with Gasteiger partial charge in [-0.15, -0.1) is 6.58 Å². The summed E-state index contributed by atoms with van der Waals surface area (Å²) in [4.78, 5) is 0. The van der Waals surface area contributed by atoms with E-state index in [1.54, 1.807) is 14.2 Å². The Bertz CT molecular complexity index is 374. The van der Waals surface area contributed by atoms with Gasteiger partial charge in [0.2, 0.25) is 0 Å². The van der Waals surface area contributed by atoms with Gasteiger partial charge in [-0.25, -0.2) is 0 Å². The molecule has 1 unspecified atom stereocenters. The van der Waals surface area contributed by atoms with Gasteiger partial charge in [-0.05, 0) is 39.9 Å². The maximum Gasteiger partial charge on any atom is 0.136 e. The molecule has 0 aliphatic rings. The molecule has 1 aromatic rings. The predicted molar refractivity (Wildman–Crippen MR) is 70.5 cm³/mol. The van der Waals surface area contributed by atoms with E-state index < -0.39 is 0 Å². The van der Waals surface area contributed by atoms with Crippen molar-refractivity contribution in [3.63, 3.8) is 0 Å². The van der Waals surface area contributed by atoms with Crippen LogP contribution in [0.1, 0.15) is 24.8 Å². The van der Waals surface area contributed by atoms with Crippen molar-refractivity contribution in [3.05, 3.63) is 34.8 Å². The topological polar surface area (TPSA) is 18.5 Å². The summed E-state index contributed by atoms with van der Waals surface area (Å²) in [5.41, 5.74) is 1.16. The Morgan fingerprint density at radius 2 is 1.94 bits per heavy atom. The molecule has 1 atom stereocenters. The molecule has 0 saturated heterocycles. The Balaban J connectivity index is 3.17. The van der Waals surface area contributed by atoms with Crippen molar-refractivity contribution in [2.75, 3.05) is 14.2 Å². The quantitative estimate of drug-likeness (QED) is 0.757. The Labute approximate surface area is 105 Å². The van der Waals surface area contributed by atoms with Crippen molar-refractivity contribution in [2.24, 2.45) is 0 Å². The molecule has 0 aliphatic carbocycles. The van der Waals surface area contributed by atoms with Crippen molar-refractivity contribution >= 4 is 15.9 Å². The Hall–Kier alpha value is -0.960. The molecule has 0 aliphatic heterocycles. The molecule has 1 aromatic carbocycles. The molecule has 0 heterocycles. The summed E-state index contributed by atoms with van der Waals surface area (Å²) in [6.45, 7) is 5.91. The number of ether oxygens (including phenoxy) is 2. The van der Waals surface area contributed by atoms with Gasteiger partial charge in [0.1, 0.15) is 11.5 Å². The lowest BCUT2D eigenvalue weighted by atomic mass is 9.97. The minimum atomic E-state index is 0.384. The minimum absolute atomic E-state index is 0.384. The van der Waals surface area contributed by atoms with Gasteiger partial charge in [0, 0.05) is 6.07 Å². The summed E-state index contributed by atoms with van der Waals surface area (Å²) in [5.74, 6) is 2.02. The SMILES string of the molecule is C=CCC(C)c1cc(Br)c(OC)cc1OC. The largest absolute Gasteiger partial charge is 0.496 e. The zero-order chi connectivity index (χ0) is 12.1. The first-order valence-corrected chi connectivity index (χ1v) is 5.95. The Morgan fingerprint density at radius 3 is 2.44 bits per heavy atom. The molecule has 0 saturated carbocycles. The van der Waals surface area contributed by atoms with Crippen molar-refractivity contribution in [1.82, 2.24) is 0 Å². The van der Waals surface area contributed by atoms with Crippen molar-refractivity contribution in [1.29, 1.82) is 0 Å². The molecule has 1 rings (SSSR count). The number of methoxy groups -OCH3 is 2. The summed E-state index contributed by atoms with van der Waals surface area (Å²) < 4.78 is 11.6. The summed E-state index contributed by atoms with van der Waals surface area (Å²) in [6, 6.07) is 3.95. The van der Waals surface area contributed by atoms with Crippen LogP contribution >= 0.6 is 15.9 Å². The van der Waals surface area contributed by atoms with Crippen LogP contribution in [-0.4, -0.2) is 14.2 Å². The van der Waals surface area contributed by atoms with E-state index in [9.17, 15) is 0 Å². The van der Waals surface area contributed by atoms with Gasteiger partial charge in [0.25, 0.3) is 0 Å². The number of rotatable bonds is 5. The van der Waals surface area contributed by atoms with Crippen LogP contribution in [0.5, 0.6) is 11.5 Å². The lowest BCUT2D eigenvalue weighted by Crippen LogP contribution is -1.98. The van der Waals surface area contributed by atoms with Gasteiger partial charge in [0.15, 0.2) is 0 Å². The molecule has 0 fully saturated rings. The molecule has 3 heteroatoms. The number of halogens is 1. The molecule has 0 bridgehead atoms. The van der Waals surface area contributed by atoms with Gasteiger partial charge >= 0.3 is 0 Å². The molecule has 2 nitrogen and oxygen atoms in total. The molecule has 0 spiro atoms. The molecule has 0 N–H and O–H groups in total. The van der Waals surface area contributed by atoms with Crippen LogP contribution < -0.4 is 9.47 Å². The highest BCUT2D eigenvalue weighted by molar-refractivity contribution is 9.10. The zero-order valence-electron chi connectivity index (χ0n) is 9.92. The van der Waals surface area contributed by atoms with E-state index in [2.05, 4.69) is 29.4 Å². The standard InChI is InChI=1S/C13H17BrO2/c1-5-6-9(2)10-7-11(14)13(16-4)8-12(10)15-3/h5,7-9H,1,6H2,2-4H3. The molecule has 0 aromatic heterocycles. The highest BCUT2D eigenvalue weighted by Gasteiger charge is 2.14. The third kappa shape index (κ3) is 2.79. The van der Waals surface area contributed by atoms with Crippen LogP contribution in [0.15, 0.2) is 29.3 Å². The summed E-state index contributed by atoms with van der Waals surface area (Å²) in [5, 5.41) is 0. The lowest BCUT2D eigenvalue weighted by Gasteiger charge is -2.16. The summed E-state index contributed by atoms with van der Waals surface area (Å²) in [6.07, 6.45) is 2.84. The van der Waals surface area contributed by atoms with E-state index >= 15 is 0 Å². The first-order chi connectivity index (χ1) is 7.63. The lowest BCUT2D eigenvalue weighted by molar-refractivity contribution is 0.387. The molecule has 0 radical (unpaired) electrons. The molecular weight excluding hydrogens is 268 g/mol. The van der Waals surface area contributed by atoms with Crippen LogP contribution in [-0.2, 0) is 0 Å². The van der Waals surface area contributed by atoms with Crippen LogP contribution in [0.3, 0.4) is 0 Å². The minimum Gasteiger partial charge on any atom is -0.496 e. The van der Waals surface area contributed by atoms with Crippen molar-refractivity contribution < 1.29 is 9.47 Å². The highest BCUT2D eigenvalue weighted by Crippen LogP contribution is 2.37. The van der Waals surface area contributed by atoms with E-state index in [0.717, 1.165) is 28.0 Å². The second kappa shape index (κ2) is 5.94. The van der Waals surface area contributed by atoms with E-state index in [-0.39, 0.29) is 0 Å². The fraction of sp³-hybridized carbons (Fsp3) is 0.385. The summed E-state index contributed by atoms with van der Waals surface area (Å²) in [7, 11) is 3.32. The number of hydrogen-bond donors (Lipinski definition) is 0. The number of allylic oxidation sites excluding steroid dienone is 1. The third-order valence-electron chi connectivity index (χ3n) is 2.56. The second-order valence-electron chi connectivity index (χ2n) is 3.65. The van der Waals surface area contributed by atoms with Crippen LogP contribution in [0.25, 0.3) is 0 Å². The molecule has 16 heavy (non-hydrogen) atoms. The van der Waals surface area contributed by atoms with Gasteiger partial charge in [-0.2, -0.15) is 0 Å². The van der Waals surface area contributed by atoms with Crippen LogP contribution in [0.4, 0.5) is 0 Å². The van der Waals surface area contributed by atoms with E-state index in [0.29, 0.717) is 5.92 Å². The Kier molecular flexibility index (Phi) is 4.87. The van der Waals surface area contributed by atoms with E-state index in [1.807, 2.05) is 18.2 Å². The van der Waals surface area contributed by atoms with E-state index in [1.165, 1.54) is 0 Å². The summed E-state index contributed by atoms with van der Waals surface area (Å²) >= 11 is 3.48. The molecule has 0 amide bonds. The maximum atomic E-state index is 5.38. The average molecular weight is 285 g/mol. The second-order valence-corrected chi connectivity index (χ2v) is 4.51. The fourth-order valence-corrected chi connectivity index (χ4v) is 2.17.